The van der Waals surface area contributed by atoms with Crippen LogP contribution < -0.4 is 10.1 Å². The number of aryl methyl sites for hydroxylation is 1. The molecule has 8 heteroatoms. The number of hydrogen-bond acceptors (Lipinski definition) is 6. The third kappa shape index (κ3) is 18.7. The van der Waals surface area contributed by atoms with Crippen LogP contribution in [0.25, 0.3) is 0 Å². The Hall–Kier alpha value is -1.24. The molecule has 1 rings (SSSR count). The van der Waals surface area contributed by atoms with Crippen molar-refractivity contribution in [1.82, 2.24) is 0 Å². The molecule has 7 nitrogen and oxygen atoms in total. The highest BCUT2D eigenvalue weighted by atomic mass is 31.2. The van der Waals surface area contributed by atoms with E-state index in [-0.39, 0.29) is 13.2 Å². The zero-order valence-electron chi connectivity index (χ0n) is 22.0. The lowest BCUT2D eigenvalue weighted by Gasteiger charge is -2.18. The van der Waals surface area contributed by atoms with Crippen molar-refractivity contribution in [3.05, 3.63) is 29.8 Å². The van der Waals surface area contributed by atoms with Crippen molar-refractivity contribution in [1.29, 1.82) is 0 Å². The second-order valence-electron chi connectivity index (χ2n) is 8.95. The summed E-state index contributed by atoms with van der Waals surface area (Å²) >= 11 is 0. The van der Waals surface area contributed by atoms with Gasteiger partial charge in [0.2, 0.25) is 0 Å². The Morgan fingerprint density at radius 2 is 1.54 bits per heavy atom. The molecule has 0 heterocycles. The molecule has 0 aliphatic rings. The van der Waals surface area contributed by atoms with Gasteiger partial charge in [-0.25, -0.2) is 0 Å². The van der Waals surface area contributed by atoms with Crippen LogP contribution in [-0.4, -0.2) is 50.4 Å². The number of ether oxygens (including phenoxy) is 2. The molecule has 1 aromatic rings. The van der Waals surface area contributed by atoms with E-state index in [0.717, 1.165) is 25.9 Å². The van der Waals surface area contributed by atoms with Crippen LogP contribution in [0.4, 0.5) is 0 Å². The highest BCUT2D eigenvalue weighted by molar-refractivity contribution is 7.40. The van der Waals surface area contributed by atoms with Gasteiger partial charge in [0.05, 0.1) is 26.3 Å². The van der Waals surface area contributed by atoms with Crippen LogP contribution in [-0.2, 0) is 25.0 Å². The molecule has 0 amide bonds. The Morgan fingerprint density at radius 1 is 0.886 bits per heavy atom. The second-order valence-corrected chi connectivity index (χ2v) is 9.94. The summed E-state index contributed by atoms with van der Waals surface area (Å²) in [5.41, 5.74) is 1.31. The van der Waals surface area contributed by atoms with Crippen molar-refractivity contribution in [3.8, 4) is 5.75 Å². The van der Waals surface area contributed by atoms with E-state index in [1.165, 1.54) is 69.8 Å². The van der Waals surface area contributed by atoms with E-state index in [1.54, 1.807) is 0 Å². The third-order valence-electron chi connectivity index (χ3n) is 5.84. The molecule has 3 N–H and O–H groups in total. The molecule has 202 valence electrons. The Morgan fingerprint density at radius 3 is 2.17 bits per heavy atom. The lowest BCUT2D eigenvalue weighted by atomic mass is 10.0. The molecule has 35 heavy (non-hydrogen) atoms. The van der Waals surface area contributed by atoms with Crippen LogP contribution in [0, 0.1) is 0 Å². The molecule has 0 spiro atoms. The number of hydrogen-bond donors (Lipinski definition) is 2. The van der Waals surface area contributed by atoms with Gasteiger partial charge in [-0.1, -0.05) is 76.8 Å². The van der Waals surface area contributed by atoms with Crippen LogP contribution in [0.2, 0.25) is 0 Å². The molecule has 0 aromatic heterocycles. The molecule has 0 saturated heterocycles. The summed E-state index contributed by atoms with van der Waals surface area (Å²) in [4.78, 5) is 20.6. The highest BCUT2D eigenvalue weighted by Crippen LogP contribution is 2.33. The van der Waals surface area contributed by atoms with Crippen molar-refractivity contribution >= 4 is 15.1 Å². The molecule has 0 saturated carbocycles. The minimum atomic E-state index is -1.99. The Labute approximate surface area is 214 Å². The van der Waals surface area contributed by atoms with E-state index in [9.17, 15) is 9.69 Å². The van der Waals surface area contributed by atoms with E-state index in [2.05, 4.69) is 31.3 Å². The maximum atomic E-state index is 10.8. The fraction of sp³-hybridized carbons (Fsp3) is 0.741. The normalized spacial score (nSPS) is 12.9. The lowest BCUT2D eigenvalue weighted by molar-refractivity contribution is -0.652. The Bertz CT molecular complexity index is 604. The maximum Gasteiger partial charge on any atom is 0.329 e. The first-order chi connectivity index (χ1) is 17.2. The number of carbonyl (C=O) groups is 1. The Kier molecular flexibility index (Phi) is 21.1. The largest absolute Gasteiger partial charge is 0.490 e. The average Bonchev–Trinajstić information content (AvgIpc) is 2.87. The first-order valence-corrected chi connectivity index (χ1v) is 14.7. The highest BCUT2D eigenvalue weighted by Gasteiger charge is 2.16. The first kappa shape index (κ1) is 31.8. The van der Waals surface area contributed by atoms with Gasteiger partial charge in [0.25, 0.3) is 6.47 Å². The van der Waals surface area contributed by atoms with Crippen molar-refractivity contribution in [2.75, 3.05) is 32.9 Å². The van der Waals surface area contributed by atoms with Crippen molar-refractivity contribution < 1.29 is 33.5 Å². The van der Waals surface area contributed by atoms with Gasteiger partial charge in [-0.2, -0.15) is 0 Å². The summed E-state index contributed by atoms with van der Waals surface area (Å²) in [7, 11) is -1.99. The van der Waals surface area contributed by atoms with Crippen molar-refractivity contribution in [2.45, 2.75) is 97.0 Å². The van der Waals surface area contributed by atoms with E-state index in [0.29, 0.717) is 18.8 Å². The number of carbonyl (C=O) groups excluding carboxylic acids is 1. The summed E-state index contributed by atoms with van der Waals surface area (Å²) in [6.45, 7) is 7.28. The quantitative estimate of drug-likeness (QED) is 0.105. The zero-order chi connectivity index (χ0) is 25.4. The number of quaternary nitrogens is 1. The first-order valence-electron chi connectivity index (χ1n) is 13.6. The van der Waals surface area contributed by atoms with Gasteiger partial charge in [-0.3, -0.25) is 4.79 Å². The molecule has 0 fully saturated rings. The summed E-state index contributed by atoms with van der Waals surface area (Å²) < 4.78 is 21.3. The fourth-order valence-corrected chi connectivity index (χ4v) is 4.38. The van der Waals surface area contributed by atoms with Crippen molar-refractivity contribution in [2.24, 2.45) is 0 Å². The maximum absolute atomic E-state index is 10.8. The van der Waals surface area contributed by atoms with E-state index in [4.69, 9.17) is 18.5 Å². The molecule has 0 aliphatic carbocycles. The van der Waals surface area contributed by atoms with E-state index >= 15 is 0 Å². The van der Waals surface area contributed by atoms with Crippen LogP contribution in [0.15, 0.2) is 24.3 Å². The fourth-order valence-electron chi connectivity index (χ4n) is 3.72. The van der Waals surface area contributed by atoms with Crippen LogP contribution in [0.3, 0.4) is 0 Å². The lowest BCUT2D eigenvalue weighted by Crippen LogP contribution is -2.83. The number of unbranched alkanes of at least 4 members (excludes halogenated alkanes) is 9. The molecule has 0 radical (unpaired) electrons. The third-order valence-corrected chi connectivity index (χ3v) is 6.61. The minimum absolute atomic E-state index is 0.0128. The smallest absolute Gasteiger partial charge is 0.329 e. The van der Waals surface area contributed by atoms with Gasteiger partial charge < -0.3 is 28.7 Å². The molecular formula is C27H49NO6P+. The van der Waals surface area contributed by atoms with Crippen molar-refractivity contribution in [3.63, 3.8) is 0 Å². The van der Waals surface area contributed by atoms with Gasteiger partial charge in [0.15, 0.2) is 6.10 Å². The standard InChI is InChI=1S/C27H48NO6P/c1-3-5-6-7-8-9-10-11-12-13-15-25-16-18-26(19-17-25)31-22-27(32-24-29)23-34-35(30)33-21-14-20-28-4-2/h16-19,24,27-28,30H,3-15,20-23H2,1-2H3/p+1. The number of benzene rings is 1. The SMILES string of the molecule is CCCCCCCCCCCCc1ccc(OCC(COP(O)OCCC[NH2+]CC)OC=O)cc1. The Balaban J connectivity index is 2.17. The van der Waals surface area contributed by atoms with Crippen LogP contribution in [0.1, 0.15) is 90.0 Å². The van der Waals surface area contributed by atoms with Gasteiger partial charge in [-0.15, -0.1) is 0 Å². The number of rotatable bonds is 25. The predicted octanol–water partition coefficient (Wildman–Crippen LogP) is 5.30. The zero-order valence-corrected chi connectivity index (χ0v) is 22.9. The summed E-state index contributed by atoms with van der Waals surface area (Å²) in [5.74, 6) is 0.714. The molecular weight excluding hydrogens is 465 g/mol. The van der Waals surface area contributed by atoms with Gasteiger partial charge in [-0.05, 0) is 37.5 Å². The summed E-state index contributed by atoms with van der Waals surface area (Å²) in [6.07, 6.45) is 14.7. The second kappa shape index (κ2) is 23.2. The van der Waals surface area contributed by atoms with Crippen LogP contribution in [0.5, 0.6) is 5.75 Å². The molecule has 2 unspecified atom stereocenters. The van der Waals surface area contributed by atoms with E-state index in [1.807, 2.05) is 12.1 Å². The van der Waals surface area contributed by atoms with Gasteiger partial charge >= 0.3 is 8.60 Å². The summed E-state index contributed by atoms with van der Waals surface area (Å²) in [5, 5.41) is 2.17. The van der Waals surface area contributed by atoms with Gasteiger partial charge in [0, 0.05) is 6.42 Å². The summed E-state index contributed by atoms with van der Waals surface area (Å²) in [6, 6.07) is 8.07. The van der Waals surface area contributed by atoms with Crippen LogP contribution >= 0.6 is 8.60 Å². The molecule has 1 aromatic carbocycles. The molecule has 2 atom stereocenters. The minimum Gasteiger partial charge on any atom is -0.490 e. The molecule has 0 bridgehead atoms. The molecule has 0 aliphatic heterocycles. The predicted molar refractivity (Wildman–Crippen MR) is 141 cm³/mol. The monoisotopic (exact) mass is 514 g/mol. The average molecular weight is 515 g/mol. The topological polar surface area (TPSA) is 90.8 Å². The number of nitrogens with two attached hydrogens (primary N) is 1. The van der Waals surface area contributed by atoms with Gasteiger partial charge in [0.1, 0.15) is 12.4 Å². The van der Waals surface area contributed by atoms with E-state index < -0.39 is 14.7 Å².